The standard InChI is InChI=1S/C29H35ClN6O5S/c1-4-35(5-2)28-31-19-26(34-42(39,40)24-14-10-22(30)11-15-24)27(33-28)32-25(20(3)37)18-21-8-12-23(13-9-21)41-29(38)36-16-6-7-17-36/h8-15,19,25,34H,4-7,16-18H2,1-3H3,(H,31,32,33)/t25-/m0/s1. The number of rotatable bonds is 12. The van der Waals surface area contributed by atoms with Crippen LogP contribution in [-0.4, -0.2) is 67.4 Å². The molecule has 0 bridgehead atoms. The smallest absolute Gasteiger partial charge is 0.410 e. The molecular weight excluding hydrogens is 580 g/mol. The zero-order chi connectivity index (χ0) is 30.3. The maximum atomic E-state index is 13.1. The zero-order valence-electron chi connectivity index (χ0n) is 23.8. The summed E-state index contributed by atoms with van der Waals surface area (Å²) in [6, 6.07) is 12.0. The third-order valence-electron chi connectivity index (χ3n) is 6.92. The van der Waals surface area contributed by atoms with E-state index in [1.54, 1.807) is 29.2 Å². The predicted octanol–water partition coefficient (Wildman–Crippen LogP) is 4.98. The van der Waals surface area contributed by atoms with Crippen LogP contribution in [0.3, 0.4) is 0 Å². The molecule has 1 saturated heterocycles. The van der Waals surface area contributed by atoms with Crippen molar-refractivity contribution in [2.24, 2.45) is 0 Å². The molecule has 2 aromatic carbocycles. The molecule has 1 aliphatic rings. The quantitative estimate of drug-likeness (QED) is 0.289. The number of halogens is 1. The van der Waals surface area contributed by atoms with Gasteiger partial charge in [-0.2, -0.15) is 4.98 Å². The molecule has 2 heterocycles. The van der Waals surface area contributed by atoms with Crippen LogP contribution in [0, 0.1) is 0 Å². The molecule has 0 aliphatic carbocycles. The maximum absolute atomic E-state index is 13.1. The van der Waals surface area contributed by atoms with Gasteiger partial charge in [0.2, 0.25) is 5.95 Å². The monoisotopic (exact) mass is 614 g/mol. The Hall–Kier alpha value is -3.90. The van der Waals surface area contributed by atoms with Gasteiger partial charge in [0.05, 0.1) is 17.1 Å². The lowest BCUT2D eigenvalue weighted by Crippen LogP contribution is -2.32. The van der Waals surface area contributed by atoms with Crippen LogP contribution in [0.4, 0.5) is 22.2 Å². The number of hydrogen-bond acceptors (Lipinski definition) is 9. The molecule has 4 rings (SSSR count). The Labute approximate surface area is 251 Å². The van der Waals surface area contributed by atoms with E-state index >= 15 is 0 Å². The number of ketones is 1. The van der Waals surface area contributed by atoms with Crippen LogP contribution in [0.5, 0.6) is 5.75 Å². The number of likely N-dealkylation sites (tertiary alicyclic amines) is 1. The lowest BCUT2D eigenvalue weighted by Gasteiger charge is -2.23. The summed E-state index contributed by atoms with van der Waals surface area (Å²) in [5.74, 6) is 0.805. The number of sulfonamides is 1. The summed E-state index contributed by atoms with van der Waals surface area (Å²) >= 11 is 5.93. The lowest BCUT2D eigenvalue weighted by atomic mass is 10.0. The number of aromatic nitrogens is 2. The molecule has 3 aromatic rings. The first-order chi connectivity index (χ1) is 20.1. The minimum atomic E-state index is -4.00. The Morgan fingerprint density at radius 3 is 2.29 bits per heavy atom. The number of hydrogen-bond donors (Lipinski definition) is 2. The summed E-state index contributed by atoms with van der Waals surface area (Å²) in [6.07, 6.45) is 3.24. The van der Waals surface area contributed by atoms with Gasteiger partial charge in [0.25, 0.3) is 10.0 Å². The molecule has 2 N–H and O–H groups in total. The van der Waals surface area contributed by atoms with E-state index in [0.717, 1.165) is 18.4 Å². The van der Waals surface area contributed by atoms with Gasteiger partial charge in [-0.3, -0.25) is 9.52 Å². The molecule has 13 heteroatoms. The summed E-state index contributed by atoms with van der Waals surface area (Å²) in [5.41, 5.74) is 0.904. The second kappa shape index (κ2) is 13.8. The maximum Gasteiger partial charge on any atom is 0.415 e. The zero-order valence-corrected chi connectivity index (χ0v) is 25.4. The Morgan fingerprint density at radius 2 is 1.69 bits per heavy atom. The van der Waals surface area contributed by atoms with Crippen molar-refractivity contribution < 1.29 is 22.7 Å². The number of carbonyl (C=O) groups excluding carboxylic acids is 2. The Kier molecular flexibility index (Phi) is 10.2. The number of ether oxygens (including phenoxy) is 1. The number of benzene rings is 2. The van der Waals surface area contributed by atoms with Crippen molar-refractivity contribution in [3.8, 4) is 5.75 Å². The van der Waals surface area contributed by atoms with Crippen LogP contribution in [0.2, 0.25) is 5.02 Å². The average molecular weight is 615 g/mol. The first-order valence-corrected chi connectivity index (χ1v) is 15.7. The van der Waals surface area contributed by atoms with Crippen LogP contribution in [0.15, 0.2) is 59.6 Å². The third-order valence-corrected chi connectivity index (χ3v) is 8.56. The summed E-state index contributed by atoms with van der Waals surface area (Å²) in [5, 5.41) is 3.55. The first-order valence-electron chi connectivity index (χ1n) is 13.8. The van der Waals surface area contributed by atoms with Crippen molar-refractivity contribution in [3.05, 3.63) is 65.3 Å². The largest absolute Gasteiger partial charge is 0.415 e. The second-order valence-corrected chi connectivity index (χ2v) is 12.0. The molecule has 0 unspecified atom stereocenters. The van der Waals surface area contributed by atoms with E-state index in [9.17, 15) is 18.0 Å². The van der Waals surface area contributed by atoms with Crippen LogP contribution in [0.25, 0.3) is 0 Å². The summed E-state index contributed by atoms with van der Waals surface area (Å²) < 4.78 is 34.3. The fourth-order valence-electron chi connectivity index (χ4n) is 4.49. The van der Waals surface area contributed by atoms with Crippen LogP contribution >= 0.6 is 11.6 Å². The summed E-state index contributed by atoms with van der Waals surface area (Å²) in [6.45, 7) is 8.03. The SMILES string of the molecule is CCN(CC)c1ncc(NS(=O)(=O)c2ccc(Cl)cc2)c(N[C@@H](Cc2ccc(OC(=O)N3CCCC3)cc2)C(C)=O)n1. The molecule has 0 radical (unpaired) electrons. The lowest BCUT2D eigenvalue weighted by molar-refractivity contribution is -0.117. The summed E-state index contributed by atoms with van der Waals surface area (Å²) in [4.78, 5) is 37.6. The second-order valence-electron chi connectivity index (χ2n) is 9.88. The van der Waals surface area contributed by atoms with Gasteiger partial charge in [-0.1, -0.05) is 23.7 Å². The number of nitrogens with one attached hydrogen (secondary N) is 2. The Morgan fingerprint density at radius 1 is 1.05 bits per heavy atom. The fraction of sp³-hybridized carbons (Fsp3) is 0.379. The van der Waals surface area contributed by atoms with Crippen LogP contribution < -0.4 is 19.7 Å². The van der Waals surface area contributed by atoms with Crippen LogP contribution in [-0.2, 0) is 21.2 Å². The molecular formula is C29H35ClN6O5S. The topological polar surface area (TPSA) is 134 Å². The van der Waals surface area contributed by atoms with Gasteiger partial charge in [0, 0.05) is 31.2 Å². The van der Waals surface area contributed by atoms with Gasteiger partial charge < -0.3 is 19.9 Å². The van der Waals surface area contributed by atoms with Gasteiger partial charge >= 0.3 is 6.09 Å². The van der Waals surface area contributed by atoms with Gasteiger partial charge in [-0.05, 0) is 82.0 Å². The molecule has 0 saturated carbocycles. The van der Waals surface area contributed by atoms with Crippen LogP contribution in [0.1, 0.15) is 39.2 Å². The number of amides is 1. The van der Waals surface area contributed by atoms with E-state index in [1.807, 2.05) is 18.7 Å². The fourth-order valence-corrected chi connectivity index (χ4v) is 5.67. The molecule has 1 amide bonds. The highest BCUT2D eigenvalue weighted by Gasteiger charge is 2.23. The molecule has 1 aliphatic heterocycles. The van der Waals surface area contributed by atoms with E-state index in [-0.39, 0.29) is 34.7 Å². The minimum absolute atomic E-state index is 0.0132. The molecule has 11 nitrogen and oxygen atoms in total. The molecule has 1 fully saturated rings. The summed E-state index contributed by atoms with van der Waals surface area (Å²) in [7, 11) is -4.00. The highest BCUT2D eigenvalue weighted by molar-refractivity contribution is 7.92. The van der Waals surface area contributed by atoms with Crippen molar-refractivity contribution in [1.82, 2.24) is 14.9 Å². The molecule has 0 spiro atoms. The van der Waals surface area contributed by atoms with Gasteiger partial charge in [-0.25, -0.2) is 18.2 Å². The van der Waals surface area contributed by atoms with Gasteiger partial charge in [-0.15, -0.1) is 0 Å². The van der Waals surface area contributed by atoms with E-state index in [4.69, 9.17) is 16.3 Å². The van der Waals surface area contributed by atoms with E-state index < -0.39 is 16.1 Å². The van der Waals surface area contributed by atoms with Crippen molar-refractivity contribution in [2.45, 2.75) is 51.0 Å². The number of nitrogens with zero attached hydrogens (tertiary/aromatic N) is 4. The Balaban J connectivity index is 1.56. The number of carbonyl (C=O) groups is 2. The predicted molar refractivity (Wildman–Crippen MR) is 163 cm³/mol. The highest BCUT2D eigenvalue weighted by atomic mass is 35.5. The normalized spacial score (nSPS) is 13.9. The van der Waals surface area contributed by atoms with Crippen molar-refractivity contribution >= 4 is 51.0 Å². The number of anilines is 3. The highest BCUT2D eigenvalue weighted by Crippen LogP contribution is 2.27. The van der Waals surface area contributed by atoms with Gasteiger partial charge in [0.15, 0.2) is 11.6 Å². The van der Waals surface area contributed by atoms with Crippen molar-refractivity contribution in [3.63, 3.8) is 0 Å². The average Bonchev–Trinajstić information content (AvgIpc) is 3.51. The van der Waals surface area contributed by atoms with E-state index in [1.165, 1.54) is 37.4 Å². The third kappa shape index (κ3) is 7.89. The van der Waals surface area contributed by atoms with E-state index in [0.29, 0.717) is 42.9 Å². The minimum Gasteiger partial charge on any atom is -0.410 e. The van der Waals surface area contributed by atoms with Gasteiger partial charge in [0.1, 0.15) is 11.4 Å². The Bertz CT molecular complexity index is 1490. The van der Waals surface area contributed by atoms with Crippen molar-refractivity contribution in [1.29, 1.82) is 0 Å². The molecule has 1 aromatic heterocycles. The number of Topliss-reactive ketones (excluding diaryl/α,β-unsaturated/α-hetero) is 1. The first kappa shape index (κ1) is 31.0. The van der Waals surface area contributed by atoms with Crippen molar-refractivity contribution in [2.75, 3.05) is 41.1 Å². The molecule has 224 valence electrons. The van der Waals surface area contributed by atoms with E-state index in [2.05, 4.69) is 20.0 Å². The molecule has 42 heavy (non-hydrogen) atoms. The molecule has 1 atom stereocenters.